The first-order chi connectivity index (χ1) is 7.09. The van der Waals surface area contributed by atoms with E-state index in [9.17, 15) is 4.79 Å². The first kappa shape index (κ1) is 12.0. The molecule has 15 heavy (non-hydrogen) atoms. The van der Waals surface area contributed by atoms with Crippen molar-refractivity contribution in [2.24, 2.45) is 5.92 Å². The van der Waals surface area contributed by atoms with Crippen LogP contribution in [0.15, 0.2) is 24.0 Å². The number of carbonyl (C=O) groups is 1. The smallest absolute Gasteiger partial charge is 0.338 e. The lowest BCUT2D eigenvalue weighted by Gasteiger charge is -2.18. The van der Waals surface area contributed by atoms with Crippen molar-refractivity contribution in [1.82, 2.24) is 0 Å². The molecule has 84 valence electrons. The summed E-state index contributed by atoms with van der Waals surface area (Å²) in [6.45, 7) is 7.06. The maximum absolute atomic E-state index is 11.5. The van der Waals surface area contributed by atoms with E-state index in [1.807, 2.05) is 6.92 Å². The van der Waals surface area contributed by atoms with E-state index >= 15 is 0 Å². The van der Waals surface area contributed by atoms with E-state index in [2.05, 4.69) is 12.7 Å². The average molecular weight is 208 g/mol. The Bertz CT molecular complexity index is 270. The van der Waals surface area contributed by atoms with Crippen LogP contribution >= 0.6 is 0 Å². The summed E-state index contributed by atoms with van der Waals surface area (Å²) in [5, 5.41) is 0. The molecule has 0 N–H and O–H groups in total. The minimum absolute atomic E-state index is 0.256. The van der Waals surface area contributed by atoms with Crippen molar-refractivity contribution < 1.29 is 9.53 Å². The highest BCUT2D eigenvalue weighted by Crippen LogP contribution is 2.25. The molecule has 0 heterocycles. The Kier molecular flexibility index (Phi) is 4.60. The number of allylic oxidation sites excluding steroid dienone is 2. The van der Waals surface area contributed by atoms with E-state index in [0.29, 0.717) is 17.3 Å². The summed E-state index contributed by atoms with van der Waals surface area (Å²) in [7, 11) is 0. The molecule has 0 unspecified atom stereocenters. The molecule has 0 radical (unpaired) electrons. The summed E-state index contributed by atoms with van der Waals surface area (Å²) >= 11 is 0. The van der Waals surface area contributed by atoms with Gasteiger partial charge in [0, 0.05) is 5.57 Å². The van der Waals surface area contributed by atoms with E-state index in [1.54, 1.807) is 6.92 Å². The molecule has 0 saturated heterocycles. The Morgan fingerprint density at radius 2 is 1.87 bits per heavy atom. The molecular weight excluding hydrogens is 188 g/mol. The minimum atomic E-state index is -0.256. The minimum Gasteiger partial charge on any atom is -0.429 e. The summed E-state index contributed by atoms with van der Waals surface area (Å²) in [6, 6.07) is 0. The van der Waals surface area contributed by atoms with Gasteiger partial charge < -0.3 is 4.74 Å². The molecule has 1 fully saturated rings. The van der Waals surface area contributed by atoms with Crippen LogP contribution in [0.2, 0.25) is 0 Å². The lowest BCUT2D eigenvalue weighted by molar-refractivity contribution is -0.134. The number of ether oxygens (including phenoxy) is 1. The zero-order valence-electron chi connectivity index (χ0n) is 9.71. The topological polar surface area (TPSA) is 26.3 Å². The Morgan fingerprint density at radius 3 is 2.40 bits per heavy atom. The fourth-order valence-corrected chi connectivity index (χ4v) is 1.96. The van der Waals surface area contributed by atoms with E-state index in [1.165, 1.54) is 32.1 Å². The van der Waals surface area contributed by atoms with Crippen LogP contribution in [0.5, 0.6) is 0 Å². The van der Waals surface area contributed by atoms with Crippen molar-refractivity contribution in [2.75, 3.05) is 0 Å². The van der Waals surface area contributed by atoms with Gasteiger partial charge >= 0.3 is 5.97 Å². The van der Waals surface area contributed by atoms with Crippen LogP contribution in [0, 0.1) is 5.92 Å². The number of carbonyl (C=O) groups excluding carboxylic acids is 1. The summed E-state index contributed by atoms with van der Waals surface area (Å²) in [4.78, 5) is 11.5. The second kappa shape index (κ2) is 5.74. The van der Waals surface area contributed by atoms with Crippen LogP contribution in [0.3, 0.4) is 0 Å². The van der Waals surface area contributed by atoms with Gasteiger partial charge in [-0.25, -0.2) is 4.79 Å². The van der Waals surface area contributed by atoms with E-state index in [-0.39, 0.29) is 5.97 Å². The molecule has 1 saturated carbocycles. The van der Waals surface area contributed by atoms with E-state index < -0.39 is 0 Å². The third kappa shape index (κ3) is 4.32. The van der Waals surface area contributed by atoms with Gasteiger partial charge in [0.2, 0.25) is 0 Å². The van der Waals surface area contributed by atoms with Crippen LogP contribution in [-0.2, 0) is 9.53 Å². The van der Waals surface area contributed by atoms with Gasteiger partial charge in [-0.05, 0) is 32.6 Å². The zero-order chi connectivity index (χ0) is 11.3. The van der Waals surface area contributed by atoms with Gasteiger partial charge in [-0.3, -0.25) is 0 Å². The zero-order valence-corrected chi connectivity index (χ0v) is 9.71. The van der Waals surface area contributed by atoms with Gasteiger partial charge in [-0.2, -0.15) is 0 Å². The highest BCUT2D eigenvalue weighted by molar-refractivity contribution is 5.88. The molecule has 0 atom stereocenters. The predicted molar refractivity (Wildman–Crippen MR) is 61.2 cm³/mol. The summed E-state index contributed by atoms with van der Waals surface area (Å²) in [6.07, 6.45) is 8.37. The van der Waals surface area contributed by atoms with E-state index in [4.69, 9.17) is 4.74 Å². The lowest BCUT2D eigenvalue weighted by atomic mass is 9.88. The Labute approximate surface area is 92.0 Å². The molecule has 2 nitrogen and oxygen atoms in total. The normalized spacial score (nSPS) is 18.7. The third-order valence-corrected chi connectivity index (χ3v) is 2.72. The van der Waals surface area contributed by atoms with Crippen molar-refractivity contribution in [2.45, 2.75) is 46.0 Å². The second-order valence-corrected chi connectivity index (χ2v) is 4.34. The maximum Gasteiger partial charge on any atom is 0.338 e. The van der Waals surface area contributed by atoms with Crippen molar-refractivity contribution in [3.8, 4) is 0 Å². The number of hydrogen-bond donors (Lipinski definition) is 0. The molecular formula is C13H20O2. The van der Waals surface area contributed by atoms with Gasteiger partial charge in [-0.15, -0.1) is 0 Å². The van der Waals surface area contributed by atoms with E-state index in [0.717, 1.165) is 0 Å². The highest BCUT2D eigenvalue weighted by atomic mass is 16.5. The van der Waals surface area contributed by atoms with Gasteiger partial charge in [0.05, 0.1) is 5.76 Å². The summed E-state index contributed by atoms with van der Waals surface area (Å²) in [5.41, 5.74) is 0.713. The molecule has 0 aliphatic heterocycles. The van der Waals surface area contributed by atoms with Crippen LogP contribution in [0.25, 0.3) is 0 Å². The first-order valence-corrected chi connectivity index (χ1v) is 5.65. The molecule has 0 aromatic rings. The Hall–Kier alpha value is -1.05. The Morgan fingerprint density at radius 1 is 1.27 bits per heavy atom. The van der Waals surface area contributed by atoms with Gasteiger partial charge in [-0.1, -0.05) is 31.9 Å². The molecule has 0 aromatic carbocycles. The largest absolute Gasteiger partial charge is 0.429 e. The molecule has 1 aliphatic carbocycles. The number of esters is 1. The first-order valence-electron chi connectivity index (χ1n) is 5.65. The molecule has 0 bridgehead atoms. The fourth-order valence-electron chi connectivity index (χ4n) is 1.96. The summed E-state index contributed by atoms with van der Waals surface area (Å²) < 4.78 is 4.95. The molecule has 0 aromatic heterocycles. The summed E-state index contributed by atoms with van der Waals surface area (Å²) in [5.74, 6) is 0.765. The van der Waals surface area contributed by atoms with Crippen LogP contribution in [0.4, 0.5) is 0 Å². The number of rotatable bonds is 3. The van der Waals surface area contributed by atoms with Crippen molar-refractivity contribution in [3.63, 3.8) is 0 Å². The maximum atomic E-state index is 11.5. The van der Waals surface area contributed by atoms with Gasteiger partial charge in [0.15, 0.2) is 0 Å². The third-order valence-electron chi connectivity index (χ3n) is 2.72. The number of hydrogen-bond acceptors (Lipinski definition) is 2. The molecule has 0 amide bonds. The predicted octanol–water partition coefficient (Wildman–Crippen LogP) is 3.59. The molecule has 0 spiro atoms. The average Bonchev–Trinajstić information content (AvgIpc) is 2.18. The van der Waals surface area contributed by atoms with Gasteiger partial charge in [0.1, 0.15) is 0 Å². The second-order valence-electron chi connectivity index (χ2n) is 4.34. The van der Waals surface area contributed by atoms with Crippen molar-refractivity contribution >= 4 is 5.97 Å². The van der Waals surface area contributed by atoms with Gasteiger partial charge in [0.25, 0.3) is 0 Å². The quantitative estimate of drug-likeness (QED) is 0.402. The monoisotopic (exact) mass is 208 g/mol. The Balaban J connectivity index is 2.49. The SMILES string of the molecule is C=C(C)OC(=O)C(C)=CC1CCCCC1. The lowest BCUT2D eigenvalue weighted by Crippen LogP contribution is -2.08. The van der Waals surface area contributed by atoms with Crippen LogP contribution < -0.4 is 0 Å². The fraction of sp³-hybridized carbons (Fsp3) is 0.615. The van der Waals surface area contributed by atoms with Crippen molar-refractivity contribution in [1.29, 1.82) is 0 Å². The molecule has 1 aliphatic rings. The van der Waals surface area contributed by atoms with Crippen molar-refractivity contribution in [3.05, 3.63) is 24.0 Å². The highest BCUT2D eigenvalue weighted by Gasteiger charge is 2.13. The molecule has 1 rings (SSSR count). The molecule has 2 heteroatoms. The standard InChI is InChI=1S/C13H20O2/c1-10(2)15-13(14)11(3)9-12-7-5-4-6-8-12/h9,12H,1,4-8H2,2-3H3. The van der Waals surface area contributed by atoms with Crippen LogP contribution in [0.1, 0.15) is 46.0 Å². The van der Waals surface area contributed by atoms with Crippen LogP contribution in [-0.4, -0.2) is 5.97 Å².